The average Bonchev–Trinajstić information content (AvgIpc) is 2.62. The highest BCUT2D eigenvalue weighted by Gasteiger charge is 2.38. The van der Waals surface area contributed by atoms with Crippen molar-refractivity contribution in [3.63, 3.8) is 0 Å². The first-order valence-corrected chi connectivity index (χ1v) is 6.67. The summed E-state index contributed by atoms with van der Waals surface area (Å²) in [6.45, 7) is 5.70. The molecule has 1 aromatic heterocycles. The van der Waals surface area contributed by atoms with Crippen LogP contribution in [-0.4, -0.2) is 19.6 Å². The Labute approximate surface area is 95.1 Å². The van der Waals surface area contributed by atoms with Crippen LogP contribution in [0.25, 0.3) is 0 Å². The van der Waals surface area contributed by atoms with Crippen molar-refractivity contribution < 1.29 is 0 Å². The van der Waals surface area contributed by atoms with Crippen molar-refractivity contribution in [2.75, 3.05) is 19.6 Å². The van der Waals surface area contributed by atoms with E-state index in [1.807, 2.05) is 11.3 Å². The monoisotopic (exact) mass is 222 g/mol. The summed E-state index contributed by atoms with van der Waals surface area (Å²) in [4.78, 5) is 3.11. The molecule has 0 bridgehead atoms. The molecule has 2 nitrogen and oxygen atoms in total. The lowest BCUT2D eigenvalue weighted by Crippen LogP contribution is -2.52. The third-order valence-corrected chi connectivity index (χ3v) is 4.83. The molecule has 2 aliphatic heterocycles. The van der Waals surface area contributed by atoms with Crippen LogP contribution < -0.4 is 10.6 Å². The minimum Gasteiger partial charge on any atom is -0.317 e. The third-order valence-electron chi connectivity index (χ3n) is 3.72. The molecule has 0 aliphatic carbocycles. The first-order chi connectivity index (χ1) is 7.30. The van der Waals surface area contributed by atoms with Gasteiger partial charge in [-0.1, -0.05) is 0 Å². The Balaban J connectivity index is 2.03. The normalized spacial score (nSPS) is 24.1. The molecule has 82 valence electrons. The summed E-state index contributed by atoms with van der Waals surface area (Å²) in [7, 11) is 0. The van der Waals surface area contributed by atoms with Gasteiger partial charge in [0, 0.05) is 21.8 Å². The fourth-order valence-corrected chi connectivity index (χ4v) is 4.10. The van der Waals surface area contributed by atoms with E-state index in [4.69, 9.17) is 0 Å². The lowest BCUT2D eigenvalue weighted by Gasteiger charge is -2.42. The van der Waals surface area contributed by atoms with E-state index in [-0.39, 0.29) is 0 Å². The SMILES string of the molecule is Cc1cc2c(s1)CCNC21CCNCC1. The molecule has 0 aromatic carbocycles. The molecule has 1 aromatic rings. The number of hydrogen-bond donors (Lipinski definition) is 2. The third kappa shape index (κ3) is 1.53. The first kappa shape index (κ1) is 9.82. The molecule has 0 amide bonds. The van der Waals surface area contributed by atoms with Crippen molar-refractivity contribution in [3.05, 3.63) is 21.4 Å². The minimum absolute atomic E-state index is 0.309. The highest BCUT2D eigenvalue weighted by molar-refractivity contribution is 7.12. The maximum absolute atomic E-state index is 3.77. The highest BCUT2D eigenvalue weighted by Crippen LogP contribution is 2.39. The van der Waals surface area contributed by atoms with Gasteiger partial charge in [0.1, 0.15) is 0 Å². The molecule has 1 spiro atoms. The van der Waals surface area contributed by atoms with Crippen LogP contribution in [0.3, 0.4) is 0 Å². The summed E-state index contributed by atoms with van der Waals surface area (Å²) in [6.07, 6.45) is 3.72. The van der Waals surface area contributed by atoms with E-state index in [9.17, 15) is 0 Å². The van der Waals surface area contributed by atoms with Gasteiger partial charge in [0.25, 0.3) is 0 Å². The number of rotatable bonds is 0. The zero-order valence-electron chi connectivity index (χ0n) is 9.23. The number of aryl methyl sites for hydroxylation is 1. The van der Waals surface area contributed by atoms with Crippen molar-refractivity contribution in [2.24, 2.45) is 0 Å². The van der Waals surface area contributed by atoms with Crippen LogP contribution in [0.1, 0.15) is 28.2 Å². The zero-order chi connectivity index (χ0) is 10.3. The number of nitrogens with one attached hydrogen (secondary N) is 2. The summed E-state index contributed by atoms with van der Waals surface area (Å²) < 4.78 is 0. The Hall–Kier alpha value is -0.380. The first-order valence-electron chi connectivity index (χ1n) is 5.86. The Morgan fingerprint density at radius 1 is 1.27 bits per heavy atom. The van der Waals surface area contributed by atoms with Crippen molar-refractivity contribution in [1.29, 1.82) is 0 Å². The largest absolute Gasteiger partial charge is 0.317 e. The molecule has 1 saturated heterocycles. The van der Waals surface area contributed by atoms with E-state index >= 15 is 0 Å². The van der Waals surface area contributed by atoms with Crippen LogP contribution in [0.15, 0.2) is 6.07 Å². The number of fused-ring (bicyclic) bond motifs is 2. The van der Waals surface area contributed by atoms with Gasteiger partial charge in [-0.15, -0.1) is 11.3 Å². The van der Waals surface area contributed by atoms with Gasteiger partial charge in [0.2, 0.25) is 0 Å². The van der Waals surface area contributed by atoms with Crippen LogP contribution in [0.2, 0.25) is 0 Å². The van der Waals surface area contributed by atoms with Gasteiger partial charge in [0.15, 0.2) is 0 Å². The standard InChI is InChI=1S/C12H18N2S/c1-9-8-10-11(15-9)2-5-14-12(10)3-6-13-7-4-12/h8,13-14H,2-7H2,1H3. The summed E-state index contributed by atoms with van der Waals surface area (Å²) in [5, 5.41) is 7.23. The lowest BCUT2D eigenvalue weighted by atomic mass is 9.79. The Kier molecular flexibility index (Phi) is 2.34. The van der Waals surface area contributed by atoms with Gasteiger partial charge >= 0.3 is 0 Å². The molecule has 0 atom stereocenters. The molecule has 1 fully saturated rings. The van der Waals surface area contributed by atoms with E-state index in [0.717, 1.165) is 19.6 Å². The molecule has 3 heteroatoms. The fourth-order valence-electron chi connectivity index (χ4n) is 2.96. The molecule has 3 rings (SSSR count). The van der Waals surface area contributed by atoms with Crippen LogP contribution in [0.5, 0.6) is 0 Å². The molecule has 0 unspecified atom stereocenters. The van der Waals surface area contributed by atoms with Crippen molar-refractivity contribution in [1.82, 2.24) is 10.6 Å². The van der Waals surface area contributed by atoms with E-state index in [1.54, 1.807) is 10.4 Å². The molecule has 3 heterocycles. The summed E-state index contributed by atoms with van der Waals surface area (Å²) >= 11 is 2.00. The number of thiophene rings is 1. The van der Waals surface area contributed by atoms with Crippen LogP contribution >= 0.6 is 11.3 Å². The van der Waals surface area contributed by atoms with E-state index in [0.29, 0.717) is 5.54 Å². The van der Waals surface area contributed by atoms with Crippen LogP contribution in [0, 0.1) is 6.92 Å². The van der Waals surface area contributed by atoms with Crippen LogP contribution in [0.4, 0.5) is 0 Å². The molecule has 2 N–H and O–H groups in total. The summed E-state index contributed by atoms with van der Waals surface area (Å²) in [6, 6.07) is 2.41. The van der Waals surface area contributed by atoms with Gasteiger partial charge in [0.05, 0.1) is 0 Å². The average molecular weight is 222 g/mol. The molecular formula is C12H18N2S. The second kappa shape index (κ2) is 3.58. The zero-order valence-corrected chi connectivity index (χ0v) is 10.0. The molecule has 0 radical (unpaired) electrons. The maximum atomic E-state index is 3.77. The Morgan fingerprint density at radius 3 is 2.87 bits per heavy atom. The summed E-state index contributed by atoms with van der Waals surface area (Å²) in [5.74, 6) is 0. The lowest BCUT2D eigenvalue weighted by molar-refractivity contribution is 0.236. The highest BCUT2D eigenvalue weighted by atomic mass is 32.1. The maximum Gasteiger partial charge on any atom is 0.0470 e. The molecular weight excluding hydrogens is 204 g/mol. The Bertz CT molecular complexity index is 364. The second-order valence-corrected chi connectivity index (χ2v) is 6.04. The number of hydrogen-bond acceptors (Lipinski definition) is 3. The van der Waals surface area contributed by atoms with Crippen molar-refractivity contribution in [3.8, 4) is 0 Å². The van der Waals surface area contributed by atoms with E-state index in [2.05, 4.69) is 23.6 Å². The van der Waals surface area contributed by atoms with Gasteiger partial charge in [-0.25, -0.2) is 0 Å². The van der Waals surface area contributed by atoms with E-state index in [1.165, 1.54) is 24.1 Å². The van der Waals surface area contributed by atoms with Crippen LogP contribution in [-0.2, 0) is 12.0 Å². The minimum atomic E-state index is 0.309. The van der Waals surface area contributed by atoms with Crippen molar-refractivity contribution >= 4 is 11.3 Å². The van der Waals surface area contributed by atoms with Gasteiger partial charge in [-0.05, 0) is 50.9 Å². The fraction of sp³-hybridized carbons (Fsp3) is 0.667. The van der Waals surface area contributed by atoms with Gasteiger partial charge in [-0.3, -0.25) is 0 Å². The topological polar surface area (TPSA) is 24.1 Å². The number of piperidine rings is 1. The Morgan fingerprint density at radius 2 is 2.07 bits per heavy atom. The van der Waals surface area contributed by atoms with E-state index < -0.39 is 0 Å². The van der Waals surface area contributed by atoms with Gasteiger partial charge in [-0.2, -0.15) is 0 Å². The van der Waals surface area contributed by atoms with Gasteiger partial charge < -0.3 is 10.6 Å². The second-order valence-electron chi connectivity index (χ2n) is 4.70. The predicted octanol–water partition coefficient (Wildman–Crippen LogP) is 1.78. The quantitative estimate of drug-likeness (QED) is 0.699. The summed E-state index contributed by atoms with van der Waals surface area (Å²) in [5.41, 5.74) is 1.92. The smallest absolute Gasteiger partial charge is 0.0470 e. The molecule has 15 heavy (non-hydrogen) atoms. The molecule has 0 saturated carbocycles. The molecule has 2 aliphatic rings. The predicted molar refractivity (Wildman–Crippen MR) is 64.5 cm³/mol. The van der Waals surface area contributed by atoms with Crippen molar-refractivity contribution in [2.45, 2.75) is 31.7 Å².